The maximum atomic E-state index is 4.67. The lowest BCUT2D eigenvalue weighted by atomic mass is 10.0. The maximum Gasteiger partial charge on any atom is 0.223 e. The normalized spacial score (nSPS) is 12.3. The summed E-state index contributed by atoms with van der Waals surface area (Å²) in [5, 5.41) is 12.4. The molecule has 2 aromatic carbocycles. The number of rotatable bonds is 4. The highest BCUT2D eigenvalue weighted by Crippen LogP contribution is 2.29. The zero-order valence-corrected chi connectivity index (χ0v) is 15.3. The molecular formula is C22H18N6. The van der Waals surface area contributed by atoms with Crippen LogP contribution in [0.2, 0.25) is 0 Å². The predicted molar refractivity (Wildman–Crippen MR) is 111 cm³/mol. The maximum absolute atomic E-state index is 4.67. The van der Waals surface area contributed by atoms with Crippen molar-refractivity contribution in [1.82, 2.24) is 25.1 Å². The largest absolute Gasteiger partial charge is 0.348 e. The topological polar surface area (TPSA) is 79.4 Å². The summed E-state index contributed by atoms with van der Waals surface area (Å²) in [4.78, 5) is 13.5. The number of aromatic amines is 1. The molecule has 0 radical (unpaired) electrons. The number of nitrogens with zero attached hydrogens (tertiary/aromatic N) is 4. The van der Waals surface area contributed by atoms with Crippen LogP contribution in [-0.2, 0) is 0 Å². The monoisotopic (exact) mass is 366 g/mol. The first-order valence-corrected chi connectivity index (χ1v) is 9.15. The molecule has 5 aromatic rings. The summed E-state index contributed by atoms with van der Waals surface area (Å²) in [6.45, 7) is 2.10. The number of anilines is 1. The number of fused-ring (bicyclic) bond motifs is 2. The van der Waals surface area contributed by atoms with Crippen molar-refractivity contribution in [3.63, 3.8) is 0 Å². The van der Waals surface area contributed by atoms with Gasteiger partial charge in [-0.3, -0.25) is 5.10 Å². The summed E-state index contributed by atoms with van der Waals surface area (Å²) in [6, 6.07) is 18.6. The Morgan fingerprint density at radius 1 is 0.964 bits per heavy atom. The van der Waals surface area contributed by atoms with Crippen molar-refractivity contribution in [3.05, 3.63) is 78.8 Å². The fourth-order valence-electron chi connectivity index (χ4n) is 3.39. The molecule has 28 heavy (non-hydrogen) atoms. The lowest BCUT2D eigenvalue weighted by Gasteiger charge is -2.14. The first-order valence-electron chi connectivity index (χ1n) is 9.15. The number of aromatic nitrogens is 5. The molecular weight excluding hydrogens is 348 g/mol. The van der Waals surface area contributed by atoms with Crippen LogP contribution in [0.25, 0.3) is 33.1 Å². The molecule has 0 aliphatic heterocycles. The van der Waals surface area contributed by atoms with Crippen LogP contribution >= 0.6 is 0 Å². The number of nitrogens with one attached hydrogen (secondary N) is 2. The molecule has 0 aliphatic rings. The second kappa shape index (κ2) is 6.74. The zero-order valence-electron chi connectivity index (χ0n) is 15.3. The molecule has 0 bridgehead atoms. The molecule has 0 saturated carbocycles. The van der Waals surface area contributed by atoms with Crippen molar-refractivity contribution in [3.8, 4) is 11.1 Å². The third kappa shape index (κ3) is 2.95. The fourth-order valence-corrected chi connectivity index (χ4v) is 3.39. The van der Waals surface area contributed by atoms with E-state index in [-0.39, 0.29) is 6.04 Å². The highest BCUT2D eigenvalue weighted by atomic mass is 15.1. The van der Waals surface area contributed by atoms with E-state index >= 15 is 0 Å². The number of hydrogen-bond donors (Lipinski definition) is 2. The van der Waals surface area contributed by atoms with Crippen molar-refractivity contribution in [2.24, 2.45) is 0 Å². The number of benzene rings is 2. The Kier molecular flexibility index (Phi) is 3.94. The van der Waals surface area contributed by atoms with E-state index in [1.54, 1.807) is 12.4 Å². The summed E-state index contributed by atoms with van der Waals surface area (Å²) >= 11 is 0. The van der Waals surface area contributed by atoms with Gasteiger partial charge in [0.2, 0.25) is 5.95 Å². The van der Waals surface area contributed by atoms with E-state index in [1.807, 2.05) is 36.5 Å². The van der Waals surface area contributed by atoms with Crippen LogP contribution in [0, 0.1) is 0 Å². The SMILES string of the molecule is C[C@@H](Nc1ncc2cc(-c3ccnc4[nH]ncc34)ccc2n1)c1ccccc1. The predicted octanol–water partition coefficient (Wildman–Crippen LogP) is 4.74. The fraction of sp³-hybridized carbons (Fsp3) is 0.0909. The standard InChI is InChI=1S/C22H18N6/c1-14(15-5-3-2-4-6-15)26-22-24-12-17-11-16(7-8-20(17)27-22)18-9-10-23-21-19(18)13-25-28-21/h2-14H,1H3,(H,23,25,28)(H,24,26,27)/t14-/m1/s1. The number of hydrogen-bond acceptors (Lipinski definition) is 5. The van der Waals surface area contributed by atoms with Crippen LogP contribution in [0.5, 0.6) is 0 Å². The summed E-state index contributed by atoms with van der Waals surface area (Å²) < 4.78 is 0. The molecule has 3 aromatic heterocycles. The molecule has 3 heterocycles. The minimum Gasteiger partial charge on any atom is -0.348 e. The zero-order chi connectivity index (χ0) is 18.9. The van der Waals surface area contributed by atoms with Crippen molar-refractivity contribution in [2.45, 2.75) is 13.0 Å². The van der Waals surface area contributed by atoms with Gasteiger partial charge in [-0.2, -0.15) is 5.10 Å². The number of H-pyrrole nitrogens is 1. The van der Waals surface area contributed by atoms with Crippen LogP contribution in [0.15, 0.2) is 73.2 Å². The Morgan fingerprint density at radius 2 is 1.86 bits per heavy atom. The Balaban J connectivity index is 1.47. The highest BCUT2D eigenvalue weighted by Gasteiger charge is 2.10. The first kappa shape index (κ1) is 16.4. The summed E-state index contributed by atoms with van der Waals surface area (Å²) in [5.74, 6) is 0.623. The van der Waals surface area contributed by atoms with Gasteiger partial charge in [-0.25, -0.2) is 15.0 Å². The van der Waals surface area contributed by atoms with Crippen LogP contribution in [-0.4, -0.2) is 25.1 Å². The van der Waals surface area contributed by atoms with Crippen LogP contribution in [0.1, 0.15) is 18.5 Å². The lowest BCUT2D eigenvalue weighted by Crippen LogP contribution is -2.09. The summed E-state index contributed by atoms with van der Waals surface area (Å²) in [6.07, 6.45) is 5.45. The molecule has 0 spiro atoms. The van der Waals surface area contributed by atoms with Gasteiger partial charge in [0, 0.05) is 23.2 Å². The quantitative estimate of drug-likeness (QED) is 0.480. The molecule has 0 fully saturated rings. The van der Waals surface area contributed by atoms with Crippen molar-refractivity contribution >= 4 is 27.9 Å². The van der Waals surface area contributed by atoms with Gasteiger partial charge in [0.25, 0.3) is 0 Å². The Morgan fingerprint density at radius 3 is 2.75 bits per heavy atom. The van der Waals surface area contributed by atoms with E-state index in [2.05, 4.69) is 61.7 Å². The van der Waals surface area contributed by atoms with Gasteiger partial charge in [-0.05, 0) is 41.8 Å². The lowest BCUT2D eigenvalue weighted by molar-refractivity contribution is 0.864. The van der Waals surface area contributed by atoms with Crippen LogP contribution < -0.4 is 5.32 Å². The van der Waals surface area contributed by atoms with E-state index in [1.165, 1.54) is 5.56 Å². The van der Waals surface area contributed by atoms with Gasteiger partial charge in [0.1, 0.15) is 0 Å². The molecule has 0 amide bonds. The summed E-state index contributed by atoms with van der Waals surface area (Å²) in [5.41, 5.74) is 5.05. The molecule has 5 rings (SSSR count). The van der Waals surface area contributed by atoms with E-state index in [0.717, 1.165) is 33.1 Å². The minimum absolute atomic E-state index is 0.129. The van der Waals surface area contributed by atoms with Gasteiger partial charge in [0.15, 0.2) is 5.65 Å². The first-order chi connectivity index (χ1) is 13.8. The molecule has 2 N–H and O–H groups in total. The van der Waals surface area contributed by atoms with E-state index in [4.69, 9.17) is 0 Å². The van der Waals surface area contributed by atoms with Gasteiger partial charge < -0.3 is 5.32 Å². The van der Waals surface area contributed by atoms with Gasteiger partial charge in [0.05, 0.1) is 17.8 Å². The molecule has 136 valence electrons. The smallest absolute Gasteiger partial charge is 0.223 e. The Labute approximate surface area is 161 Å². The second-order valence-electron chi connectivity index (χ2n) is 6.73. The van der Waals surface area contributed by atoms with E-state index in [9.17, 15) is 0 Å². The van der Waals surface area contributed by atoms with Gasteiger partial charge in [-0.1, -0.05) is 36.4 Å². The Bertz CT molecular complexity index is 1260. The van der Waals surface area contributed by atoms with Crippen LogP contribution in [0.4, 0.5) is 5.95 Å². The minimum atomic E-state index is 0.129. The Hall–Kier alpha value is -3.80. The van der Waals surface area contributed by atoms with Gasteiger partial charge in [-0.15, -0.1) is 0 Å². The molecule has 0 unspecified atom stereocenters. The molecule has 6 nitrogen and oxygen atoms in total. The summed E-state index contributed by atoms with van der Waals surface area (Å²) in [7, 11) is 0. The average molecular weight is 366 g/mol. The van der Waals surface area contributed by atoms with Crippen molar-refractivity contribution in [2.75, 3.05) is 5.32 Å². The second-order valence-corrected chi connectivity index (χ2v) is 6.73. The van der Waals surface area contributed by atoms with Gasteiger partial charge >= 0.3 is 0 Å². The highest BCUT2D eigenvalue weighted by molar-refractivity contribution is 5.95. The average Bonchev–Trinajstić information content (AvgIpc) is 3.23. The van der Waals surface area contributed by atoms with Crippen LogP contribution in [0.3, 0.4) is 0 Å². The van der Waals surface area contributed by atoms with E-state index < -0.39 is 0 Å². The molecule has 6 heteroatoms. The molecule has 0 saturated heterocycles. The third-order valence-corrected chi connectivity index (χ3v) is 4.89. The van der Waals surface area contributed by atoms with E-state index in [0.29, 0.717) is 5.95 Å². The molecule has 1 atom stereocenters. The molecule has 0 aliphatic carbocycles. The third-order valence-electron chi connectivity index (χ3n) is 4.89. The van der Waals surface area contributed by atoms with Crippen molar-refractivity contribution < 1.29 is 0 Å². The number of pyridine rings is 1. The van der Waals surface area contributed by atoms with Crippen molar-refractivity contribution in [1.29, 1.82) is 0 Å².